The molecule has 0 aliphatic rings. The molecule has 66 valence electrons. The second-order valence-corrected chi connectivity index (χ2v) is 4.10. The SMILES string of the molecule is Cc1ncc(-c2cccc(N)c2)s1. The summed E-state index contributed by atoms with van der Waals surface area (Å²) in [5.41, 5.74) is 7.63. The van der Waals surface area contributed by atoms with Crippen LogP contribution in [0, 0.1) is 6.92 Å². The lowest BCUT2D eigenvalue weighted by molar-refractivity contribution is 1.30. The van der Waals surface area contributed by atoms with E-state index in [1.807, 2.05) is 37.4 Å². The molecule has 13 heavy (non-hydrogen) atoms. The Bertz CT molecular complexity index is 420. The van der Waals surface area contributed by atoms with Gasteiger partial charge in [0.2, 0.25) is 0 Å². The van der Waals surface area contributed by atoms with Crippen LogP contribution in [0.3, 0.4) is 0 Å². The first-order valence-electron chi connectivity index (χ1n) is 4.04. The molecule has 1 heterocycles. The number of rotatable bonds is 1. The summed E-state index contributed by atoms with van der Waals surface area (Å²) in [6.45, 7) is 2.00. The average molecular weight is 190 g/mol. The van der Waals surface area contributed by atoms with Gasteiger partial charge >= 0.3 is 0 Å². The second-order valence-electron chi connectivity index (χ2n) is 2.87. The quantitative estimate of drug-likeness (QED) is 0.702. The fourth-order valence-electron chi connectivity index (χ4n) is 1.19. The highest BCUT2D eigenvalue weighted by atomic mass is 32.1. The molecule has 0 saturated heterocycles. The van der Waals surface area contributed by atoms with Crippen LogP contribution in [0.5, 0.6) is 0 Å². The maximum absolute atomic E-state index is 5.69. The molecule has 0 bridgehead atoms. The lowest BCUT2D eigenvalue weighted by Crippen LogP contribution is -1.83. The molecule has 0 amide bonds. The lowest BCUT2D eigenvalue weighted by atomic mass is 10.2. The van der Waals surface area contributed by atoms with E-state index in [4.69, 9.17) is 5.73 Å². The minimum absolute atomic E-state index is 0.795. The molecule has 0 spiro atoms. The first-order chi connectivity index (χ1) is 6.25. The van der Waals surface area contributed by atoms with Gasteiger partial charge in [0.25, 0.3) is 0 Å². The number of anilines is 1. The van der Waals surface area contributed by atoms with Gasteiger partial charge in [-0.15, -0.1) is 11.3 Å². The highest BCUT2D eigenvalue weighted by molar-refractivity contribution is 7.15. The van der Waals surface area contributed by atoms with E-state index in [1.54, 1.807) is 11.3 Å². The van der Waals surface area contributed by atoms with Crippen molar-refractivity contribution >= 4 is 17.0 Å². The third kappa shape index (κ3) is 1.70. The Morgan fingerprint density at radius 3 is 2.85 bits per heavy atom. The molecule has 2 nitrogen and oxygen atoms in total. The summed E-state index contributed by atoms with van der Waals surface area (Å²) in [4.78, 5) is 5.37. The number of hydrogen-bond acceptors (Lipinski definition) is 3. The Morgan fingerprint density at radius 2 is 2.23 bits per heavy atom. The Kier molecular flexibility index (Phi) is 2.02. The summed E-state index contributed by atoms with van der Waals surface area (Å²) in [6, 6.07) is 7.85. The van der Waals surface area contributed by atoms with Gasteiger partial charge in [0.05, 0.1) is 9.88 Å². The number of aromatic nitrogens is 1. The monoisotopic (exact) mass is 190 g/mol. The van der Waals surface area contributed by atoms with Gasteiger partial charge in [0.1, 0.15) is 0 Å². The molecular weight excluding hydrogens is 180 g/mol. The van der Waals surface area contributed by atoms with Crippen LogP contribution < -0.4 is 5.73 Å². The van der Waals surface area contributed by atoms with E-state index >= 15 is 0 Å². The summed E-state index contributed by atoms with van der Waals surface area (Å²) >= 11 is 1.68. The van der Waals surface area contributed by atoms with Crippen molar-refractivity contribution < 1.29 is 0 Å². The van der Waals surface area contributed by atoms with Crippen molar-refractivity contribution in [1.29, 1.82) is 0 Å². The maximum Gasteiger partial charge on any atom is 0.0900 e. The topological polar surface area (TPSA) is 38.9 Å². The Hall–Kier alpha value is -1.35. The molecule has 3 heteroatoms. The number of aryl methyl sites for hydroxylation is 1. The first kappa shape index (κ1) is 8.26. The van der Waals surface area contributed by atoms with E-state index < -0.39 is 0 Å². The van der Waals surface area contributed by atoms with Crippen molar-refractivity contribution in [3.63, 3.8) is 0 Å². The fourth-order valence-corrected chi connectivity index (χ4v) is 1.96. The standard InChI is InChI=1S/C10H10N2S/c1-7-12-6-10(13-7)8-3-2-4-9(11)5-8/h2-6H,11H2,1H3. The zero-order chi connectivity index (χ0) is 9.26. The van der Waals surface area contributed by atoms with E-state index in [2.05, 4.69) is 4.98 Å². The van der Waals surface area contributed by atoms with Crippen LogP contribution in [0.25, 0.3) is 10.4 Å². The third-order valence-electron chi connectivity index (χ3n) is 1.79. The normalized spacial score (nSPS) is 10.2. The zero-order valence-electron chi connectivity index (χ0n) is 7.32. The Morgan fingerprint density at radius 1 is 1.38 bits per heavy atom. The molecule has 2 aromatic rings. The molecule has 0 radical (unpaired) electrons. The van der Waals surface area contributed by atoms with Gasteiger partial charge in [-0.3, -0.25) is 0 Å². The van der Waals surface area contributed by atoms with Crippen LogP contribution in [-0.2, 0) is 0 Å². The van der Waals surface area contributed by atoms with Gasteiger partial charge in [-0.25, -0.2) is 4.98 Å². The molecule has 2 N–H and O–H groups in total. The number of nitrogens with zero attached hydrogens (tertiary/aromatic N) is 1. The van der Waals surface area contributed by atoms with Gasteiger partial charge in [0.15, 0.2) is 0 Å². The summed E-state index contributed by atoms with van der Waals surface area (Å²) in [6.07, 6.45) is 1.88. The van der Waals surface area contributed by atoms with Crippen molar-refractivity contribution in [3.05, 3.63) is 35.5 Å². The number of benzene rings is 1. The second kappa shape index (κ2) is 3.18. The molecule has 0 saturated carbocycles. The lowest BCUT2D eigenvalue weighted by Gasteiger charge is -1.97. The predicted molar refractivity (Wildman–Crippen MR) is 56.7 cm³/mol. The number of nitrogen functional groups attached to an aromatic ring is 1. The number of nitrogens with two attached hydrogens (primary N) is 1. The van der Waals surface area contributed by atoms with Crippen LogP contribution in [0.4, 0.5) is 5.69 Å². The van der Waals surface area contributed by atoms with Crippen LogP contribution in [-0.4, -0.2) is 4.98 Å². The summed E-state index contributed by atoms with van der Waals surface area (Å²) in [5, 5.41) is 1.08. The van der Waals surface area contributed by atoms with Gasteiger partial charge in [0, 0.05) is 11.9 Å². The van der Waals surface area contributed by atoms with Crippen LogP contribution >= 0.6 is 11.3 Å². The molecule has 0 aliphatic heterocycles. The van der Waals surface area contributed by atoms with Crippen molar-refractivity contribution in [2.24, 2.45) is 0 Å². The van der Waals surface area contributed by atoms with Crippen molar-refractivity contribution in [3.8, 4) is 10.4 Å². The van der Waals surface area contributed by atoms with Crippen molar-refractivity contribution in [2.45, 2.75) is 6.92 Å². The van der Waals surface area contributed by atoms with E-state index in [-0.39, 0.29) is 0 Å². The molecule has 0 atom stereocenters. The minimum Gasteiger partial charge on any atom is -0.399 e. The summed E-state index contributed by atoms with van der Waals surface area (Å²) in [5.74, 6) is 0. The highest BCUT2D eigenvalue weighted by Gasteiger charge is 2.00. The van der Waals surface area contributed by atoms with Crippen LogP contribution in [0.15, 0.2) is 30.5 Å². The molecular formula is C10H10N2S. The minimum atomic E-state index is 0.795. The molecule has 1 aromatic heterocycles. The molecule has 0 unspecified atom stereocenters. The van der Waals surface area contributed by atoms with Gasteiger partial charge in [-0.05, 0) is 24.6 Å². The Balaban J connectivity index is 2.46. The third-order valence-corrected chi connectivity index (χ3v) is 2.75. The van der Waals surface area contributed by atoms with Crippen LogP contribution in [0.1, 0.15) is 5.01 Å². The number of thiazole rings is 1. The van der Waals surface area contributed by atoms with Gasteiger partial charge < -0.3 is 5.73 Å². The van der Waals surface area contributed by atoms with E-state index in [0.29, 0.717) is 0 Å². The molecule has 0 aliphatic carbocycles. The van der Waals surface area contributed by atoms with Gasteiger partial charge in [-0.1, -0.05) is 12.1 Å². The largest absolute Gasteiger partial charge is 0.399 e. The van der Waals surface area contributed by atoms with Gasteiger partial charge in [-0.2, -0.15) is 0 Å². The molecule has 0 fully saturated rings. The van der Waals surface area contributed by atoms with Crippen molar-refractivity contribution in [1.82, 2.24) is 4.98 Å². The molecule has 1 aromatic carbocycles. The zero-order valence-corrected chi connectivity index (χ0v) is 8.14. The molecule has 2 rings (SSSR count). The Labute approximate surface area is 81.1 Å². The van der Waals surface area contributed by atoms with E-state index in [9.17, 15) is 0 Å². The summed E-state index contributed by atoms with van der Waals surface area (Å²) < 4.78 is 0. The van der Waals surface area contributed by atoms with E-state index in [1.165, 1.54) is 4.88 Å². The summed E-state index contributed by atoms with van der Waals surface area (Å²) in [7, 11) is 0. The number of hydrogen-bond donors (Lipinski definition) is 1. The average Bonchev–Trinajstić information content (AvgIpc) is 2.52. The maximum atomic E-state index is 5.69. The smallest absolute Gasteiger partial charge is 0.0900 e. The first-order valence-corrected chi connectivity index (χ1v) is 4.86. The predicted octanol–water partition coefficient (Wildman–Crippen LogP) is 2.70. The fraction of sp³-hybridized carbons (Fsp3) is 0.100. The highest BCUT2D eigenvalue weighted by Crippen LogP contribution is 2.26. The van der Waals surface area contributed by atoms with E-state index in [0.717, 1.165) is 16.3 Å². The van der Waals surface area contributed by atoms with Crippen molar-refractivity contribution in [2.75, 3.05) is 5.73 Å². The van der Waals surface area contributed by atoms with Crippen LogP contribution in [0.2, 0.25) is 0 Å².